The number of alkyl halides is 1. The molecule has 33 heavy (non-hydrogen) atoms. The highest BCUT2D eigenvalue weighted by molar-refractivity contribution is 5.84. The second-order valence-corrected chi connectivity index (χ2v) is 9.50. The number of phenols is 1. The lowest BCUT2D eigenvalue weighted by atomic mass is 9.82. The number of β-lactam (4-membered cyclic amide) rings is 1. The topological polar surface area (TPSA) is 60.8 Å². The number of aliphatic hydroxyl groups is 1. The predicted molar refractivity (Wildman–Crippen MR) is 124 cm³/mol. The number of rotatable bonds is 6. The summed E-state index contributed by atoms with van der Waals surface area (Å²) in [5.74, 6) is -0.160. The first-order chi connectivity index (χ1) is 15.6. The summed E-state index contributed by atoms with van der Waals surface area (Å²) in [5.41, 5.74) is -0.658. The van der Waals surface area contributed by atoms with Gasteiger partial charge in [0.2, 0.25) is 5.91 Å². The van der Waals surface area contributed by atoms with Crippen LogP contribution in [0, 0.1) is 5.82 Å². The Bertz CT molecular complexity index is 1070. The lowest BCUT2D eigenvalue weighted by Gasteiger charge is -2.47. The van der Waals surface area contributed by atoms with Gasteiger partial charge in [0.15, 0.2) is 0 Å². The normalized spacial score (nSPS) is 25.8. The smallest absolute Gasteiger partial charge is 0.226 e. The van der Waals surface area contributed by atoms with Crippen molar-refractivity contribution in [2.24, 2.45) is 0 Å². The SMILES string of the molecule is CC(C)(O)/C(=C\CC1(F)C=CC(N2C(=O)CC2c2ccc(O)cc2)CC1)c1ccc(F)cc1. The van der Waals surface area contributed by atoms with Crippen LogP contribution >= 0.6 is 0 Å². The van der Waals surface area contributed by atoms with E-state index in [2.05, 4.69) is 0 Å². The number of halogens is 2. The molecule has 1 aliphatic heterocycles. The number of carbonyl (C=O) groups is 1. The minimum absolute atomic E-state index is 0.0367. The van der Waals surface area contributed by atoms with Crippen LogP contribution in [0.4, 0.5) is 8.78 Å². The number of likely N-dealkylation sites (tertiary alicyclic amines) is 1. The van der Waals surface area contributed by atoms with Crippen LogP contribution in [0.3, 0.4) is 0 Å². The molecule has 2 aromatic rings. The van der Waals surface area contributed by atoms with Crippen LogP contribution in [-0.2, 0) is 4.79 Å². The molecule has 3 unspecified atom stereocenters. The summed E-state index contributed by atoms with van der Waals surface area (Å²) in [7, 11) is 0. The first-order valence-electron chi connectivity index (χ1n) is 11.2. The minimum Gasteiger partial charge on any atom is -0.508 e. The van der Waals surface area contributed by atoms with E-state index in [1.165, 1.54) is 18.2 Å². The van der Waals surface area contributed by atoms with Crippen LogP contribution in [0.15, 0.2) is 66.8 Å². The van der Waals surface area contributed by atoms with Crippen molar-refractivity contribution in [2.45, 2.75) is 62.9 Å². The molecule has 2 aromatic carbocycles. The third kappa shape index (κ3) is 5.01. The average Bonchev–Trinajstić information content (AvgIpc) is 2.75. The van der Waals surface area contributed by atoms with Gasteiger partial charge < -0.3 is 15.1 Å². The molecule has 0 bridgehead atoms. The molecule has 2 aliphatic rings. The average molecular weight is 454 g/mol. The van der Waals surface area contributed by atoms with Gasteiger partial charge in [-0.3, -0.25) is 4.79 Å². The van der Waals surface area contributed by atoms with Gasteiger partial charge in [-0.2, -0.15) is 0 Å². The molecular formula is C27H29F2NO3. The fourth-order valence-electron chi connectivity index (χ4n) is 4.70. The summed E-state index contributed by atoms with van der Waals surface area (Å²) in [5, 5.41) is 20.1. The van der Waals surface area contributed by atoms with E-state index in [1.807, 2.05) is 12.1 Å². The van der Waals surface area contributed by atoms with Crippen molar-refractivity contribution in [3.63, 3.8) is 0 Å². The van der Waals surface area contributed by atoms with Gasteiger partial charge in [-0.25, -0.2) is 8.78 Å². The third-order valence-corrected chi connectivity index (χ3v) is 6.56. The quantitative estimate of drug-likeness (QED) is 0.450. The molecule has 0 radical (unpaired) electrons. The molecule has 2 N–H and O–H groups in total. The van der Waals surface area contributed by atoms with Crippen LogP contribution in [0.5, 0.6) is 5.75 Å². The molecule has 4 nitrogen and oxygen atoms in total. The Morgan fingerprint density at radius 2 is 1.85 bits per heavy atom. The zero-order chi connectivity index (χ0) is 23.8. The Morgan fingerprint density at radius 1 is 1.18 bits per heavy atom. The number of benzene rings is 2. The molecule has 1 heterocycles. The van der Waals surface area contributed by atoms with Gasteiger partial charge in [-0.15, -0.1) is 0 Å². The van der Waals surface area contributed by atoms with E-state index in [1.54, 1.807) is 55.2 Å². The Hall–Kier alpha value is -2.99. The van der Waals surface area contributed by atoms with Crippen molar-refractivity contribution in [2.75, 3.05) is 0 Å². The molecule has 0 saturated carbocycles. The highest BCUT2D eigenvalue weighted by Gasteiger charge is 2.43. The van der Waals surface area contributed by atoms with E-state index >= 15 is 4.39 Å². The van der Waals surface area contributed by atoms with Crippen LogP contribution in [-0.4, -0.2) is 38.3 Å². The molecule has 4 rings (SSSR count). The number of carbonyl (C=O) groups excluding carboxylic acids is 1. The number of phenolic OH excluding ortho intramolecular Hbond substituents is 1. The number of hydrogen-bond acceptors (Lipinski definition) is 3. The van der Waals surface area contributed by atoms with Gasteiger partial charge in [0.25, 0.3) is 0 Å². The summed E-state index contributed by atoms with van der Waals surface area (Å²) >= 11 is 0. The summed E-state index contributed by atoms with van der Waals surface area (Å²) < 4.78 is 28.9. The summed E-state index contributed by atoms with van der Waals surface area (Å²) in [6.45, 7) is 3.25. The summed E-state index contributed by atoms with van der Waals surface area (Å²) in [4.78, 5) is 14.1. The van der Waals surface area contributed by atoms with Crippen LogP contribution in [0.1, 0.15) is 56.7 Å². The third-order valence-electron chi connectivity index (χ3n) is 6.56. The lowest BCUT2D eigenvalue weighted by molar-refractivity contribution is -0.149. The van der Waals surface area contributed by atoms with Gasteiger partial charge in [-0.05, 0) is 73.7 Å². The first kappa shape index (κ1) is 23.2. The second kappa shape index (κ2) is 8.75. The number of amides is 1. The molecule has 1 amide bonds. The van der Waals surface area contributed by atoms with Crippen molar-refractivity contribution in [1.82, 2.24) is 4.90 Å². The van der Waals surface area contributed by atoms with Gasteiger partial charge in [-0.1, -0.05) is 36.4 Å². The molecule has 0 spiro atoms. The molecule has 1 saturated heterocycles. The van der Waals surface area contributed by atoms with Gasteiger partial charge in [0, 0.05) is 6.42 Å². The van der Waals surface area contributed by atoms with Crippen LogP contribution in [0.25, 0.3) is 5.57 Å². The van der Waals surface area contributed by atoms with Crippen molar-refractivity contribution in [1.29, 1.82) is 0 Å². The molecule has 174 valence electrons. The Balaban J connectivity index is 1.49. The molecular weight excluding hydrogens is 424 g/mol. The monoisotopic (exact) mass is 453 g/mol. The van der Waals surface area contributed by atoms with E-state index in [-0.39, 0.29) is 42.4 Å². The van der Waals surface area contributed by atoms with E-state index in [9.17, 15) is 19.4 Å². The standard InChI is InChI=1S/C27H29F2NO3/c1-26(2,33)23(18-3-7-20(28)8-4-18)13-16-27(29)14-11-21(12-15-27)30-24(17-25(30)32)19-5-9-22(31)10-6-19/h3-11,13-14,21,24,31,33H,12,15-17H2,1-2H3/b23-13-. The van der Waals surface area contributed by atoms with Crippen molar-refractivity contribution >= 4 is 11.5 Å². The Morgan fingerprint density at radius 3 is 2.39 bits per heavy atom. The van der Waals surface area contributed by atoms with E-state index in [0.29, 0.717) is 24.0 Å². The molecule has 6 heteroatoms. The molecule has 3 atom stereocenters. The Labute approximate surface area is 192 Å². The maximum absolute atomic E-state index is 15.6. The highest BCUT2D eigenvalue weighted by Crippen LogP contribution is 2.42. The fourth-order valence-corrected chi connectivity index (χ4v) is 4.70. The second-order valence-electron chi connectivity index (χ2n) is 9.50. The number of aromatic hydroxyl groups is 1. The zero-order valence-electron chi connectivity index (χ0n) is 18.8. The fraction of sp³-hybridized carbons (Fsp3) is 0.370. The number of allylic oxidation sites excluding steroid dienone is 2. The van der Waals surface area contributed by atoms with Crippen LogP contribution in [0.2, 0.25) is 0 Å². The summed E-state index contributed by atoms with van der Waals surface area (Å²) in [6.07, 6.45) is 6.21. The zero-order valence-corrected chi connectivity index (χ0v) is 18.8. The van der Waals surface area contributed by atoms with Gasteiger partial charge in [0.1, 0.15) is 17.2 Å². The molecule has 0 aromatic heterocycles. The van der Waals surface area contributed by atoms with E-state index in [0.717, 1.165) is 5.56 Å². The van der Waals surface area contributed by atoms with E-state index in [4.69, 9.17) is 0 Å². The van der Waals surface area contributed by atoms with Gasteiger partial charge >= 0.3 is 0 Å². The number of nitrogens with zero attached hydrogens (tertiary/aromatic N) is 1. The minimum atomic E-state index is -1.59. The first-order valence-corrected chi connectivity index (χ1v) is 11.2. The van der Waals surface area contributed by atoms with Crippen molar-refractivity contribution < 1.29 is 23.8 Å². The largest absolute Gasteiger partial charge is 0.508 e. The van der Waals surface area contributed by atoms with Crippen molar-refractivity contribution in [3.05, 3.63) is 83.7 Å². The van der Waals surface area contributed by atoms with E-state index < -0.39 is 11.3 Å². The van der Waals surface area contributed by atoms with Gasteiger partial charge in [0.05, 0.1) is 24.1 Å². The summed E-state index contributed by atoms with van der Waals surface area (Å²) in [6, 6.07) is 12.4. The maximum Gasteiger partial charge on any atom is 0.226 e. The predicted octanol–water partition coefficient (Wildman–Crippen LogP) is 5.48. The lowest BCUT2D eigenvalue weighted by Crippen LogP contribution is -2.52. The molecule has 1 aliphatic carbocycles. The maximum atomic E-state index is 15.6. The van der Waals surface area contributed by atoms with Crippen LogP contribution < -0.4 is 0 Å². The van der Waals surface area contributed by atoms with Crippen molar-refractivity contribution in [3.8, 4) is 5.75 Å². The molecule has 1 fully saturated rings. The Kier molecular flexibility index (Phi) is 6.14. The highest BCUT2D eigenvalue weighted by atomic mass is 19.1. The number of hydrogen-bond donors (Lipinski definition) is 2.